The highest BCUT2D eigenvalue weighted by Gasteiger charge is 2.37. The average molecular weight is 452 g/mol. The highest BCUT2D eigenvalue weighted by molar-refractivity contribution is 8.14. The van der Waals surface area contributed by atoms with Crippen LogP contribution in [-0.4, -0.2) is 64.7 Å². The van der Waals surface area contributed by atoms with Gasteiger partial charge in [0, 0.05) is 30.9 Å². The van der Waals surface area contributed by atoms with Crippen molar-refractivity contribution in [2.75, 3.05) is 26.4 Å². The molecule has 1 aromatic rings. The van der Waals surface area contributed by atoms with E-state index >= 15 is 0 Å². The molecular weight excluding hydrogens is 428 g/mol. The Morgan fingerprint density at radius 1 is 1.29 bits per heavy atom. The van der Waals surface area contributed by atoms with Gasteiger partial charge in [0.1, 0.15) is 19.8 Å². The molecule has 168 valence electrons. The zero-order valence-electron chi connectivity index (χ0n) is 17.1. The molecule has 1 aliphatic rings. The summed E-state index contributed by atoms with van der Waals surface area (Å²) in [4.78, 5) is 47.3. The van der Waals surface area contributed by atoms with Crippen molar-refractivity contribution < 1.29 is 33.5 Å². The quantitative estimate of drug-likeness (QED) is 0.228. The van der Waals surface area contributed by atoms with Crippen molar-refractivity contribution >= 4 is 34.6 Å². The van der Waals surface area contributed by atoms with Gasteiger partial charge in [-0.1, -0.05) is 24.4 Å². The first-order valence-corrected chi connectivity index (χ1v) is 10.4. The summed E-state index contributed by atoms with van der Waals surface area (Å²) in [6, 6.07) is 5.33. The Labute approximate surface area is 183 Å². The summed E-state index contributed by atoms with van der Waals surface area (Å²) in [5.74, 6) is -0.542. The van der Waals surface area contributed by atoms with Crippen molar-refractivity contribution in [2.24, 2.45) is 0 Å². The standard InChI is InChI=1S/C20H24N2O8S/c1-3-8-29-19(24)13-28-12-17-9-18(31-14(2)23)10-21(17)20(25)30-11-15-4-6-16(7-5-15)22(26)27/h3-7,17-18H,1,8-13H2,2H3/t17-,18-/m0/s1. The van der Waals surface area contributed by atoms with Crippen LogP contribution in [0.3, 0.4) is 0 Å². The molecular formula is C20H24N2O8S. The van der Waals surface area contributed by atoms with Gasteiger partial charge >= 0.3 is 12.1 Å². The minimum absolute atomic E-state index is 0.0532. The molecule has 1 heterocycles. The van der Waals surface area contributed by atoms with Crippen molar-refractivity contribution in [1.29, 1.82) is 0 Å². The van der Waals surface area contributed by atoms with Gasteiger partial charge in [0.15, 0.2) is 5.12 Å². The van der Waals surface area contributed by atoms with Gasteiger partial charge in [-0.05, 0) is 24.1 Å². The number of non-ortho nitro benzene ring substituents is 1. The molecule has 0 aromatic heterocycles. The molecule has 11 heteroatoms. The molecule has 0 aliphatic carbocycles. The Morgan fingerprint density at radius 3 is 2.61 bits per heavy atom. The van der Waals surface area contributed by atoms with Gasteiger partial charge in [-0.15, -0.1) is 0 Å². The Bertz CT molecular complexity index is 814. The fraction of sp³-hybridized carbons (Fsp3) is 0.450. The number of amides is 1. The van der Waals surface area contributed by atoms with Crippen LogP contribution in [0.2, 0.25) is 0 Å². The fourth-order valence-corrected chi connectivity index (χ4v) is 4.01. The lowest BCUT2D eigenvalue weighted by Gasteiger charge is -2.23. The summed E-state index contributed by atoms with van der Waals surface area (Å²) in [6.45, 7) is 5.07. The van der Waals surface area contributed by atoms with Gasteiger partial charge in [0.05, 0.1) is 17.6 Å². The topological polar surface area (TPSA) is 125 Å². The van der Waals surface area contributed by atoms with E-state index in [2.05, 4.69) is 6.58 Å². The van der Waals surface area contributed by atoms with Gasteiger partial charge in [0.25, 0.3) is 5.69 Å². The van der Waals surface area contributed by atoms with Crippen molar-refractivity contribution in [3.8, 4) is 0 Å². The molecule has 1 aromatic carbocycles. The molecule has 0 bridgehead atoms. The van der Waals surface area contributed by atoms with Gasteiger partial charge in [-0.25, -0.2) is 9.59 Å². The molecule has 0 saturated carbocycles. The van der Waals surface area contributed by atoms with E-state index in [0.717, 1.165) is 11.8 Å². The van der Waals surface area contributed by atoms with Crippen molar-refractivity contribution in [3.05, 3.63) is 52.6 Å². The number of thioether (sulfide) groups is 1. The van der Waals surface area contributed by atoms with Crippen molar-refractivity contribution in [3.63, 3.8) is 0 Å². The lowest BCUT2D eigenvalue weighted by molar-refractivity contribution is -0.384. The number of hydrogen-bond donors (Lipinski definition) is 0. The van der Waals surface area contributed by atoms with Crippen LogP contribution < -0.4 is 0 Å². The largest absolute Gasteiger partial charge is 0.460 e. The molecule has 0 unspecified atom stereocenters. The number of likely N-dealkylation sites (tertiary alicyclic amines) is 1. The molecule has 1 saturated heterocycles. The fourth-order valence-electron chi connectivity index (χ4n) is 2.99. The first kappa shape index (κ1) is 24.4. The van der Waals surface area contributed by atoms with Crippen LogP contribution in [0.1, 0.15) is 18.9 Å². The van der Waals surface area contributed by atoms with E-state index in [0.29, 0.717) is 18.5 Å². The molecule has 0 radical (unpaired) electrons. The van der Waals surface area contributed by atoms with Gasteiger partial charge in [0.2, 0.25) is 0 Å². The monoisotopic (exact) mass is 452 g/mol. The number of benzene rings is 1. The molecule has 31 heavy (non-hydrogen) atoms. The van der Waals surface area contributed by atoms with E-state index in [1.807, 2.05) is 0 Å². The summed E-state index contributed by atoms with van der Waals surface area (Å²) in [5.41, 5.74) is 0.549. The number of carbonyl (C=O) groups is 3. The highest BCUT2D eigenvalue weighted by Crippen LogP contribution is 2.29. The third-order valence-electron chi connectivity index (χ3n) is 4.35. The number of nitro benzene ring substituents is 1. The van der Waals surface area contributed by atoms with E-state index in [9.17, 15) is 24.5 Å². The minimum Gasteiger partial charge on any atom is -0.460 e. The number of rotatable bonds is 10. The zero-order valence-corrected chi connectivity index (χ0v) is 17.9. The Kier molecular flexibility index (Phi) is 9.47. The second kappa shape index (κ2) is 12.1. The summed E-state index contributed by atoms with van der Waals surface area (Å²) in [5, 5.41) is 10.6. The lowest BCUT2D eigenvalue weighted by atomic mass is 10.2. The molecule has 1 fully saturated rings. The van der Waals surface area contributed by atoms with E-state index in [1.54, 1.807) is 0 Å². The predicted molar refractivity (Wildman–Crippen MR) is 112 cm³/mol. The molecule has 1 aliphatic heterocycles. The predicted octanol–water partition coefficient (Wildman–Crippen LogP) is 2.70. The summed E-state index contributed by atoms with van der Waals surface area (Å²) < 4.78 is 15.6. The summed E-state index contributed by atoms with van der Waals surface area (Å²) in [7, 11) is 0. The van der Waals surface area contributed by atoms with E-state index in [4.69, 9.17) is 14.2 Å². The Hall–Kier alpha value is -2.92. The number of hydrogen-bond acceptors (Lipinski definition) is 9. The molecule has 2 rings (SSSR count). The van der Waals surface area contributed by atoms with Crippen molar-refractivity contribution in [1.82, 2.24) is 4.90 Å². The number of nitro groups is 1. The number of nitrogens with zero attached hydrogens (tertiary/aromatic N) is 2. The molecule has 2 atom stereocenters. The SMILES string of the molecule is C=CCOC(=O)COC[C@@H]1C[C@H](SC(C)=O)CN1C(=O)OCc1ccc([N+](=O)[O-])cc1. The van der Waals surface area contributed by atoms with Crippen LogP contribution >= 0.6 is 11.8 Å². The third-order valence-corrected chi connectivity index (χ3v) is 5.35. The smallest absolute Gasteiger partial charge is 0.410 e. The Morgan fingerprint density at radius 2 is 2.00 bits per heavy atom. The minimum atomic E-state index is -0.590. The van der Waals surface area contributed by atoms with Crippen LogP contribution in [0.15, 0.2) is 36.9 Å². The highest BCUT2D eigenvalue weighted by atomic mass is 32.2. The second-order valence-electron chi connectivity index (χ2n) is 6.74. The van der Waals surface area contributed by atoms with Crippen LogP contribution in [0, 0.1) is 10.1 Å². The van der Waals surface area contributed by atoms with E-state index < -0.39 is 17.0 Å². The maximum absolute atomic E-state index is 12.6. The molecule has 0 spiro atoms. The van der Waals surface area contributed by atoms with Gasteiger partial charge in [-0.3, -0.25) is 14.9 Å². The van der Waals surface area contributed by atoms with Crippen LogP contribution in [0.25, 0.3) is 0 Å². The first-order valence-electron chi connectivity index (χ1n) is 9.48. The summed E-state index contributed by atoms with van der Waals surface area (Å²) >= 11 is 1.15. The average Bonchev–Trinajstić information content (AvgIpc) is 3.12. The van der Waals surface area contributed by atoms with Gasteiger partial charge < -0.3 is 19.1 Å². The molecule has 10 nitrogen and oxygen atoms in total. The van der Waals surface area contributed by atoms with Crippen molar-refractivity contribution in [2.45, 2.75) is 31.2 Å². The maximum Gasteiger partial charge on any atom is 0.410 e. The van der Waals surface area contributed by atoms with Gasteiger partial charge in [-0.2, -0.15) is 0 Å². The summed E-state index contributed by atoms with van der Waals surface area (Å²) in [6.07, 6.45) is 1.37. The van der Waals surface area contributed by atoms with Crippen LogP contribution in [-0.2, 0) is 30.4 Å². The zero-order chi connectivity index (χ0) is 22.8. The molecule has 0 N–H and O–H groups in total. The van der Waals surface area contributed by atoms with E-state index in [1.165, 1.54) is 42.2 Å². The van der Waals surface area contributed by atoms with Crippen LogP contribution in [0.5, 0.6) is 0 Å². The Balaban J connectivity index is 1.92. The maximum atomic E-state index is 12.6. The van der Waals surface area contributed by atoms with Crippen LogP contribution in [0.4, 0.5) is 10.5 Å². The number of esters is 1. The third kappa shape index (κ3) is 8.02. The van der Waals surface area contributed by atoms with E-state index in [-0.39, 0.29) is 48.5 Å². The lowest BCUT2D eigenvalue weighted by Crippen LogP contribution is -2.39. The number of carbonyl (C=O) groups excluding carboxylic acids is 3. The molecule has 1 amide bonds. The number of ether oxygens (including phenoxy) is 3. The first-order chi connectivity index (χ1) is 14.8. The second-order valence-corrected chi connectivity index (χ2v) is 8.22. The normalized spacial score (nSPS) is 17.8.